The van der Waals surface area contributed by atoms with Crippen LogP contribution in [0.2, 0.25) is 0 Å². The predicted octanol–water partition coefficient (Wildman–Crippen LogP) is 3.42. The molecule has 0 aromatic carbocycles. The van der Waals surface area contributed by atoms with Crippen LogP contribution in [-0.4, -0.2) is 36.6 Å². The summed E-state index contributed by atoms with van der Waals surface area (Å²) in [5.74, 6) is 0. The molecular weight excluding hydrogens is 220 g/mol. The summed E-state index contributed by atoms with van der Waals surface area (Å²) in [4.78, 5) is 2.67. The Morgan fingerprint density at radius 3 is 2.50 bits per heavy atom. The number of nitrogens with one attached hydrogen (secondary N) is 1. The molecule has 1 aliphatic heterocycles. The first-order valence-corrected chi connectivity index (χ1v) is 8.07. The minimum atomic E-state index is 0.500. The molecule has 2 rings (SSSR count). The smallest absolute Gasteiger partial charge is 0.0192 e. The molecule has 0 radical (unpaired) electrons. The Balaban J connectivity index is 1.75. The van der Waals surface area contributed by atoms with Crippen molar-refractivity contribution in [3.05, 3.63) is 0 Å². The highest BCUT2D eigenvalue weighted by Crippen LogP contribution is 2.35. The van der Waals surface area contributed by atoms with Gasteiger partial charge in [0.2, 0.25) is 0 Å². The third kappa shape index (κ3) is 3.71. The van der Waals surface area contributed by atoms with Gasteiger partial charge < -0.3 is 5.32 Å². The Morgan fingerprint density at radius 2 is 1.83 bits per heavy atom. The van der Waals surface area contributed by atoms with E-state index in [0.29, 0.717) is 11.5 Å². The lowest BCUT2D eigenvalue weighted by molar-refractivity contribution is 0.134. The fourth-order valence-corrected chi connectivity index (χ4v) is 3.67. The molecule has 0 amide bonds. The van der Waals surface area contributed by atoms with Gasteiger partial charge >= 0.3 is 0 Å². The van der Waals surface area contributed by atoms with E-state index in [9.17, 15) is 0 Å². The van der Waals surface area contributed by atoms with E-state index in [4.69, 9.17) is 0 Å². The largest absolute Gasteiger partial charge is 0.312 e. The maximum absolute atomic E-state index is 3.87. The van der Waals surface area contributed by atoms with Crippen molar-refractivity contribution in [1.82, 2.24) is 10.2 Å². The zero-order chi connectivity index (χ0) is 13.0. The summed E-state index contributed by atoms with van der Waals surface area (Å²) in [6.45, 7) is 11.1. The maximum atomic E-state index is 3.87. The minimum absolute atomic E-state index is 0.500. The lowest BCUT2D eigenvalue weighted by Crippen LogP contribution is -2.50. The van der Waals surface area contributed by atoms with Crippen LogP contribution in [0, 0.1) is 5.41 Å². The Morgan fingerprint density at radius 1 is 1.11 bits per heavy atom. The van der Waals surface area contributed by atoms with E-state index in [2.05, 4.69) is 31.0 Å². The van der Waals surface area contributed by atoms with Gasteiger partial charge in [-0.25, -0.2) is 0 Å². The van der Waals surface area contributed by atoms with Crippen LogP contribution in [-0.2, 0) is 0 Å². The average Bonchev–Trinajstić information content (AvgIpc) is 2.38. The number of hydrogen-bond donors (Lipinski definition) is 1. The van der Waals surface area contributed by atoms with Crippen molar-refractivity contribution >= 4 is 0 Å². The van der Waals surface area contributed by atoms with Crippen LogP contribution in [0.4, 0.5) is 0 Å². The maximum Gasteiger partial charge on any atom is 0.0192 e. The Labute approximate surface area is 114 Å². The molecule has 1 aliphatic carbocycles. The molecule has 1 saturated heterocycles. The number of hydrogen-bond acceptors (Lipinski definition) is 2. The van der Waals surface area contributed by atoms with E-state index < -0.39 is 0 Å². The van der Waals surface area contributed by atoms with Gasteiger partial charge in [-0.05, 0) is 51.1 Å². The van der Waals surface area contributed by atoms with Gasteiger partial charge in [0.1, 0.15) is 0 Å². The Bertz CT molecular complexity index is 243. The first-order chi connectivity index (χ1) is 8.59. The highest BCUT2D eigenvalue weighted by Gasteiger charge is 2.32. The van der Waals surface area contributed by atoms with Crippen molar-refractivity contribution in [1.29, 1.82) is 0 Å². The molecule has 0 spiro atoms. The SMILES string of the molecule is CC(CNC1CCCCC1(C)C)N1CCCCC1. The van der Waals surface area contributed by atoms with Gasteiger partial charge in [0.25, 0.3) is 0 Å². The molecule has 106 valence electrons. The lowest BCUT2D eigenvalue weighted by atomic mass is 9.73. The molecule has 1 N–H and O–H groups in total. The summed E-state index contributed by atoms with van der Waals surface area (Å²) in [5.41, 5.74) is 0.500. The minimum Gasteiger partial charge on any atom is -0.312 e. The molecule has 2 heteroatoms. The third-order valence-corrected chi connectivity index (χ3v) is 5.18. The van der Waals surface area contributed by atoms with Crippen molar-refractivity contribution in [2.75, 3.05) is 19.6 Å². The molecule has 1 heterocycles. The number of piperidine rings is 1. The van der Waals surface area contributed by atoms with Crippen LogP contribution < -0.4 is 5.32 Å². The van der Waals surface area contributed by atoms with Gasteiger partial charge in [0.15, 0.2) is 0 Å². The summed E-state index contributed by atoms with van der Waals surface area (Å²) in [5, 5.41) is 3.87. The summed E-state index contributed by atoms with van der Waals surface area (Å²) < 4.78 is 0. The molecule has 2 fully saturated rings. The van der Waals surface area contributed by atoms with E-state index in [1.807, 2.05) is 0 Å². The van der Waals surface area contributed by atoms with Crippen LogP contribution in [0.3, 0.4) is 0 Å². The second kappa shape index (κ2) is 6.38. The molecule has 18 heavy (non-hydrogen) atoms. The van der Waals surface area contributed by atoms with E-state index >= 15 is 0 Å². The van der Waals surface area contributed by atoms with Gasteiger partial charge in [-0.15, -0.1) is 0 Å². The zero-order valence-corrected chi connectivity index (χ0v) is 12.7. The zero-order valence-electron chi connectivity index (χ0n) is 12.7. The van der Waals surface area contributed by atoms with Crippen molar-refractivity contribution in [2.45, 2.75) is 77.8 Å². The molecule has 0 aromatic heterocycles. The van der Waals surface area contributed by atoms with Crippen molar-refractivity contribution in [2.24, 2.45) is 5.41 Å². The van der Waals surface area contributed by atoms with Crippen molar-refractivity contribution in [3.8, 4) is 0 Å². The molecule has 0 aromatic rings. The second-order valence-electron chi connectivity index (χ2n) is 7.14. The summed E-state index contributed by atoms with van der Waals surface area (Å²) in [7, 11) is 0. The third-order valence-electron chi connectivity index (χ3n) is 5.18. The molecule has 2 atom stereocenters. The van der Waals surface area contributed by atoms with Crippen LogP contribution in [0.15, 0.2) is 0 Å². The first kappa shape index (κ1) is 14.3. The van der Waals surface area contributed by atoms with E-state index in [-0.39, 0.29) is 0 Å². The van der Waals surface area contributed by atoms with Gasteiger partial charge in [0, 0.05) is 18.6 Å². The fourth-order valence-electron chi connectivity index (χ4n) is 3.67. The molecule has 2 unspecified atom stereocenters. The fraction of sp³-hybridized carbons (Fsp3) is 1.00. The topological polar surface area (TPSA) is 15.3 Å². The number of rotatable bonds is 4. The second-order valence-corrected chi connectivity index (χ2v) is 7.14. The van der Waals surface area contributed by atoms with Crippen molar-refractivity contribution in [3.63, 3.8) is 0 Å². The molecule has 0 bridgehead atoms. The average molecular weight is 252 g/mol. The van der Waals surface area contributed by atoms with Gasteiger partial charge in [-0.2, -0.15) is 0 Å². The summed E-state index contributed by atoms with van der Waals surface area (Å²) >= 11 is 0. The van der Waals surface area contributed by atoms with E-state index in [0.717, 1.165) is 6.04 Å². The van der Waals surface area contributed by atoms with Gasteiger partial charge in [-0.3, -0.25) is 4.90 Å². The van der Waals surface area contributed by atoms with Gasteiger partial charge in [0.05, 0.1) is 0 Å². The molecule has 2 aliphatic rings. The van der Waals surface area contributed by atoms with Crippen LogP contribution in [0.1, 0.15) is 65.7 Å². The van der Waals surface area contributed by atoms with Crippen molar-refractivity contribution < 1.29 is 0 Å². The molecule has 2 nitrogen and oxygen atoms in total. The first-order valence-electron chi connectivity index (χ1n) is 8.07. The molecule has 1 saturated carbocycles. The standard InChI is InChI=1S/C16H32N2/c1-14(18-11-7-4-8-12-18)13-17-15-9-5-6-10-16(15,2)3/h14-15,17H,4-13H2,1-3H3. The normalized spacial score (nSPS) is 31.2. The van der Waals surface area contributed by atoms with Crippen LogP contribution in [0.25, 0.3) is 0 Å². The molecular formula is C16H32N2. The highest BCUT2D eigenvalue weighted by molar-refractivity contribution is 4.89. The monoisotopic (exact) mass is 252 g/mol. The van der Waals surface area contributed by atoms with E-state index in [1.165, 1.54) is 64.6 Å². The quantitative estimate of drug-likeness (QED) is 0.825. The Kier molecular flexibility index (Phi) is 5.08. The van der Waals surface area contributed by atoms with Gasteiger partial charge in [-0.1, -0.05) is 33.1 Å². The van der Waals surface area contributed by atoms with Crippen LogP contribution >= 0.6 is 0 Å². The number of likely N-dealkylation sites (tertiary alicyclic amines) is 1. The lowest BCUT2D eigenvalue weighted by Gasteiger charge is -2.41. The summed E-state index contributed by atoms with van der Waals surface area (Å²) in [6, 6.07) is 1.45. The predicted molar refractivity (Wildman–Crippen MR) is 78.9 cm³/mol. The number of nitrogens with zero attached hydrogens (tertiary/aromatic N) is 1. The van der Waals surface area contributed by atoms with E-state index in [1.54, 1.807) is 0 Å². The van der Waals surface area contributed by atoms with Crippen LogP contribution in [0.5, 0.6) is 0 Å². The highest BCUT2D eigenvalue weighted by atomic mass is 15.2. The Hall–Kier alpha value is -0.0800. The summed E-state index contributed by atoms with van der Waals surface area (Å²) in [6.07, 6.45) is 9.85.